The van der Waals surface area contributed by atoms with Crippen molar-refractivity contribution in [1.82, 2.24) is 15.5 Å². The van der Waals surface area contributed by atoms with Gasteiger partial charge in [0.15, 0.2) is 9.84 Å². The van der Waals surface area contributed by atoms with Gasteiger partial charge in [-0.05, 0) is 67.8 Å². The summed E-state index contributed by atoms with van der Waals surface area (Å²) >= 11 is 0. The van der Waals surface area contributed by atoms with Gasteiger partial charge in [-0.25, -0.2) is 13.2 Å². The van der Waals surface area contributed by atoms with Crippen molar-refractivity contribution in [3.63, 3.8) is 0 Å². The summed E-state index contributed by atoms with van der Waals surface area (Å²) in [7, 11) is -4.13. The van der Waals surface area contributed by atoms with Crippen molar-refractivity contribution in [3.05, 3.63) is 83.7 Å². The maximum absolute atomic E-state index is 14.1. The van der Waals surface area contributed by atoms with Gasteiger partial charge in [-0.1, -0.05) is 57.2 Å². The third kappa shape index (κ3) is 7.70. The largest absolute Gasteiger partial charge is 0.444 e. The molecule has 0 radical (unpaired) electrons. The molecule has 0 saturated heterocycles. The van der Waals surface area contributed by atoms with Crippen molar-refractivity contribution in [3.8, 4) is 22.6 Å². The van der Waals surface area contributed by atoms with Crippen LogP contribution in [0.25, 0.3) is 22.6 Å². The van der Waals surface area contributed by atoms with Gasteiger partial charge in [-0.2, -0.15) is 13.2 Å². The van der Waals surface area contributed by atoms with Crippen LogP contribution in [0, 0.1) is 0 Å². The number of fused-ring (bicyclic) bond motifs is 1. The van der Waals surface area contributed by atoms with Crippen LogP contribution < -0.4 is 10.2 Å². The standard InChI is InChI=1S/C34H35F3N4O6S/c1-32(2,3)30-40-39-28(46-30)23-13-16-27-26(17-23)41(29(42)25(19-48(27,44)45)38-31(43)47-33(4,5)6)18-20-7-9-21(10-8-20)22-11-14-24(15-12-22)34(35,36)37/h7-17,25H,18-19H2,1-6H3,(H,38,43)/t25-/m0/s1. The Balaban J connectivity index is 1.54. The molecule has 0 aliphatic carbocycles. The number of nitrogens with one attached hydrogen (secondary N) is 1. The summed E-state index contributed by atoms with van der Waals surface area (Å²) < 4.78 is 77.7. The van der Waals surface area contributed by atoms with Gasteiger partial charge in [-0.15, -0.1) is 10.2 Å². The van der Waals surface area contributed by atoms with Gasteiger partial charge >= 0.3 is 12.3 Å². The molecule has 3 aromatic carbocycles. The predicted molar refractivity (Wildman–Crippen MR) is 172 cm³/mol. The number of rotatable bonds is 5. The van der Waals surface area contributed by atoms with Gasteiger partial charge in [-0.3, -0.25) is 4.79 Å². The van der Waals surface area contributed by atoms with Gasteiger partial charge in [0.1, 0.15) is 11.6 Å². The Kier molecular flexibility index (Phi) is 8.93. The summed E-state index contributed by atoms with van der Waals surface area (Å²) in [5, 5.41) is 10.7. The number of hydrogen-bond donors (Lipinski definition) is 1. The molecule has 48 heavy (non-hydrogen) atoms. The van der Waals surface area contributed by atoms with Gasteiger partial charge in [0.05, 0.1) is 28.4 Å². The number of amides is 2. The SMILES string of the molecule is CC(C)(C)OC(=O)N[C@H]1CS(=O)(=O)c2ccc(-c3nnc(C(C)(C)C)o3)cc2N(Cc2ccc(-c3ccc(C(F)(F)F)cc3)cc2)C1=O. The van der Waals surface area contributed by atoms with Crippen molar-refractivity contribution in [2.24, 2.45) is 0 Å². The van der Waals surface area contributed by atoms with Crippen LogP contribution in [0.15, 0.2) is 76.0 Å². The van der Waals surface area contributed by atoms with Gasteiger partial charge in [0.25, 0.3) is 5.91 Å². The fourth-order valence-electron chi connectivity index (χ4n) is 5.01. The number of anilines is 1. The average molecular weight is 685 g/mol. The number of alkyl halides is 3. The number of aromatic nitrogens is 2. The minimum atomic E-state index is -4.46. The summed E-state index contributed by atoms with van der Waals surface area (Å²) in [5.41, 5.74) is 0.0785. The van der Waals surface area contributed by atoms with E-state index in [4.69, 9.17) is 9.15 Å². The van der Waals surface area contributed by atoms with Gasteiger partial charge in [0.2, 0.25) is 11.8 Å². The van der Waals surface area contributed by atoms with Crippen LogP contribution in [-0.2, 0) is 37.5 Å². The third-order valence-corrected chi connectivity index (χ3v) is 9.17. The summed E-state index contributed by atoms with van der Waals surface area (Å²) in [6, 6.07) is 14.4. The van der Waals surface area contributed by atoms with E-state index in [1.54, 1.807) is 45.0 Å². The Morgan fingerprint density at radius 3 is 2.04 bits per heavy atom. The Morgan fingerprint density at radius 1 is 0.917 bits per heavy atom. The van der Waals surface area contributed by atoms with E-state index in [1.807, 2.05) is 20.8 Å². The molecular formula is C34H35F3N4O6S. The lowest BCUT2D eigenvalue weighted by molar-refractivity contribution is -0.137. The zero-order chi connectivity index (χ0) is 35.2. The molecule has 14 heteroatoms. The normalized spacial score (nSPS) is 16.6. The van der Waals surface area contributed by atoms with Crippen LogP contribution in [-0.4, -0.2) is 48.0 Å². The summed E-state index contributed by atoms with van der Waals surface area (Å²) in [4.78, 5) is 28.0. The second-order valence-electron chi connectivity index (χ2n) is 13.5. The molecule has 1 aliphatic heterocycles. The maximum atomic E-state index is 14.1. The van der Waals surface area contributed by atoms with Crippen LogP contribution in [0.2, 0.25) is 0 Å². The number of benzene rings is 3. The molecule has 1 N–H and O–H groups in total. The molecule has 254 valence electrons. The molecule has 0 saturated carbocycles. The highest BCUT2D eigenvalue weighted by atomic mass is 32.2. The Morgan fingerprint density at radius 2 is 1.50 bits per heavy atom. The van der Waals surface area contributed by atoms with E-state index >= 15 is 0 Å². The first kappa shape index (κ1) is 34.6. The fourth-order valence-corrected chi connectivity index (χ4v) is 6.62. The first-order chi connectivity index (χ1) is 22.2. The van der Waals surface area contributed by atoms with E-state index in [2.05, 4.69) is 15.5 Å². The maximum Gasteiger partial charge on any atom is 0.416 e. The van der Waals surface area contributed by atoms with Crippen LogP contribution in [0.4, 0.5) is 23.7 Å². The minimum absolute atomic E-state index is 0.0494. The molecule has 5 rings (SSSR count). The van der Waals surface area contributed by atoms with E-state index < -0.39 is 56.4 Å². The molecule has 2 heterocycles. The number of alkyl carbamates (subject to hydrolysis) is 1. The van der Waals surface area contributed by atoms with Crippen LogP contribution in [0.1, 0.15) is 58.6 Å². The van der Waals surface area contributed by atoms with E-state index in [0.29, 0.717) is 28.1 Å². The lowest BCUT2D eigenvalue weighted by atomic mass is 9.97. The molecule has 2 amide bonds. The molecule has 0 bridgehead atoms. The predicted octanol–water partition coefficient (Wildman–Crippen LogP) is 6.93. The fraction of sp³-hybridized carbons (Fsp3) is 0.353. The van der Waals surface area contributed by atoms with E-state index in [0.717, 1.165) is 12.1 Å². The Hall–Kier alpha value is -4.72. The number of hydrogen-bond acceptors (Lipinski definition) is 8. The van der Waals surface area contributed by atoms with Gasteiger partial charge < -0.3 is 19.4 Å². The topological polar surface area (TPSA) is 132 Å². The first-order valence-electron chi connectivity index (χ1n) is 15.0. The number of halogens is 3. The van der Waals surface area contributed by atoms with Gasteiger partial charge in [0, 0.05) is 11.0 Å². The second kappa shape index (κ2) is 12.4. The smallest absolute Gasteiger partial charge is 0.416 e. The molecule has 10 nitrogen and oxygen atoms in total. The van der Waals surface area contributed by atoms with Crippen molar-refractivity contribution < 1.29 is 40.3 Å². The molecule has 1 aliphatic rings. The minimum Gasteiger partial charge on any atom is -0.444 e. The highest BCUT2D eigenvalue weighted by molar-refractivity contribution is 7.91. The Labute approximate surface area is 276 Å². The molecule has 0 fully saturated rings. The third-order valence-electron chi connectivity index (χ3n) is 7.38. The number of ether oxygens (including phenoxy) is 1. The molecular weight excluding hydrogens is 649 g/mol. The molecule has 0 spiro atoms. The van der Waals surface area contributed by atoms with Crippen LogP contribution in [0.3, 0.4) is 0 Å². The second-order valence-corrected chi connectivity index (χ2v) is 15.5. The van der Waals surface area contributed by atoms with Crippen LogP contribution in [0.5, 0.6) is 0 Å². The monoisotopic (exact) mass is 684 g/mol. The average Bonchev–Trinajstić information content (AvgIpc) is 3.47. The summed E-state index contributed by atoms with van der Waals surface area (Å²) in [6.45, 7) is 10.5. The summed E-state index contributed by atoms with van der Waals surface area (Å²) in [6.07, 6.45) is -5.41. The zero-order valence-electron chi connectivity index (χ0n) is 27.2. The highest BCUT2D eigenvalue weighted by Crippen LogP contribution is 2.37. The number of nitrogens with zero attached hydrogens (tertiary/aromatic N) is 3. The molecule has 4 aromatic rings. The van der Waals surface area contributed by atoms with Crippen LogP contribution >= 0.6 is 0 Å². The number of carbonyl (C=O) groups is 2. The zero-order valence-corrected chi connectivity index (χ0v) is 28.0. The van der Waals surface area contributed by atoms with Crippen molar-refractivity contribution >= 4 is 27.5 Å². The quantitative estimate of drug-likeness (QED) is 0.239. The lowest BCUT2D eigenvalue weighted by Crippen LogP contribution is -2.51. The molecule has 1 atom stereocenters. The van der Waals surface area contributed by atoms with E-state index in [1.165, 1.54) is 35.2 Å². The van der Waals surface area contributed by atoms with E-state index in [9.17, 15) is 31.2 Å². The number of sulfone groups is 1. The van der Waals surface area contributed by atoms with Crippen molar-refractivity contribution in [2.75, 3.05) is 10.7 Å². The van der Waals surface area contributed by atoms with E-state index in [-0.39, 0.29) is 23.0 Å². The Bertz CT molecular complexity index is 1940. The van der Waals surface area contributed by atoms with Crippen molar-refractivity contribution in [1.29, 1.82) is 0 Å². The summed E-state index contributed by atoms with van der Waals surface area (Å²) in [5.74, 6) is -0.924. The number of carbonyl (C=O) groups excluding carboxylic acids is 2. The molecule has 0 unspecified atom stereocenters. The first-order valence-corrected chi connectivity index (χ1v) is 16.7. The highest BCUT2D eigenvalue weighted by Gasteiger charge is 2.40. The molecule has 1 aromatic heterocycles. The lowest BCUT2D eigenvalue weighted by Gasteiger charge is -2.27. The van der Waals surface area contributed by atoms with Crippen molar-refractivity contribution in [2.45, 2.75) is 76.2 Å².